The van der Waals surface area contributed by atoms with Crippen molar-refractivity contribution >= 4 is 9.84 Å². The molecular formula is C22H22F2N2O6S. The van der Waals surface area contributed by atoms with Gasteiger partial charge in [0, 0.05) is 17.9 Å². The summed E-state index contributed by atoms with van der Waals surface area (Å²) < 4.78 is 56.8. The van der Waals surface area contributed by atoms with Gasteiger partial charge in [0.15, 0.2) is 27.2 Å². The van der Waals surface area contributed by atoms with E-state index in [4.69, 9.17) is 4.74 Å². The van der Waals surface area contributed by atoms with E-state index >= 15 is 0 Å². The van der Waals surface area contributed by atoms with Crippen LogP contribution in [0.15, 0.2) is 58.4 Å². The largest absolute Gasteiger partial charge is 0.484 e. The number of aliphatic hydroxyl groups is 2. The molecule has 1 aromatic heterocycles. The van der Waals surface area contributed by atoms with Crippen molar-refractivity contribution in [2.75, 3.05) is 12.9 Å². The van der Waals surface area contributed by atoms with Crippen molar-refractivity contribution in [2.45, 2.75) is 30.4 Å². The number of aromatic nitrogens is 2. The van der Waals surface area contributed by atoms with Crippen molar-refractivity contribution in [3.8, 4) is 22.6 Å². The van der Waals surface area contributed by atoms with Crippen LogP contribution >= 0.6 is 0 Å². The Bertz CT molecular complexity index is 1330. The summed E-state index contributed by atoms with van der Waals surface area (Å²) in [5.74, 6) is -2.56. The fraction of sp³-hybridized carbons (Fsp3) is 0.273. The minimum Gasteiger partial charge on any atom is -0.484 e. The highest BCUT2D eigenvalue weighted by Gasteiger charge is 2.26. The molecule has 0 spiro atoms. The number of ether oxygens (including phenoxy) is 1. The third-order valence-corrected chi connectivity index (χ3v) is 6.00. The molecule has 0 amide bonds. The van der Waals surface area contributed by atoms with Gasteiger partial charge < -0.3 is 14.9 Å². The first kappa shape index (κ1) is 24.5. The van der Waals surface area contributed by atoms with Gasteiger partial charge in [-0.3, -0.25) is 4.79 Å². The first-order valence-electron chi connectivity index (χ1n) is 9.70. The molecular weight excluding hydrogens is 458 g/mol. The second-order valence-electron chi connectivity index (χ2n) is 7.98. The Labute approximate surface area is 188 Å². The molecule has 0 unspecified atom stereocenters. The summed E-state index contributed by atoms with van der Waals surface area (Å²) in [5.41, 5.74) is -1.87. The fourth-order valence-electron chi connectivity index (χ4n) is 2.83. The molecule has 1 atom stereocenters. The van der Waals surface area contributed by atoms with E-state index in [9.17, 15) is 32.2 Å². The van der Waals surface area contributed by atoms with Gasteiger partial charge in [-0.15, -0.1) is 0 Å². The Kier molecular flexibility index (Phi) is 6.68. The molecule has 3 rings (SSSR count). The molecule has 0 aliphatic rings. The fourth-order valence-corrected chi connectivity index (χ4v) is 3.46. The number of halogens is 2. The molecule has 0 aliphatic carbocycles. The molecule has 176 valence electrons. The lowest BCUT2D eigenvalue weighted by atomic mass is 10.0. The van der Waals surface area contributed by atoms with Crippen LogP contribution in [0.25, 0.3) is 16.8 Å². The maximum absolute atomic E-state index is 13.7. The molecule has 0 radical (unpaired) electrons. The first-order valence-corrected chi connectivity index (χ1v) is 11.6. The smallest absolute Gasteiger partial charge is 0.314 e. The predicted octanol–water partition coefficient (Wildman–Crippen LogP) is 2.09. The van der Waals surface area contributed by atoms with Gasteiger partial charge in [0.25, 0.3) is 0 Å². The van der Waals surface area contributed by atoms with E-state index in [2.05, 4.69) is 5.10 Å². The normalized spacial score (nSPS) is 13.1. The second kappa shape index (κ2) is 9.00. The van der Waals surface area contributed by atoms with Crippen LogP contribution in [0.5, 0.6) is 5.75 Å². The monoisotopic (exact) mass is 480 g/mol. The van der Waals surface area contributed by atoms with Gasteiger partial charge >= 0.3 is 5.56 Å². The summed E-state index contributed by atoms with van der Waals surface area (Å²) in [4.78, 5) is 13.2. The lowest BCUT2D eigenvalue weighted by Crippen LogP contribution is -2.40. The van der Waals surface area contributed by atoms with Crippen LogP contribution in [-0.2, 0) is 9.84 Å². The summed E-state index contributed by atoms with van der Waals surface area (Å²) in [6.07, 6.45) is 0.936. The van der Waals surface area contributed by atoms with Gasteiger partial charge in [0.05, 0.1) is 22.4 Å². The standard InChI is InChI=1S/C22H22F2N2O6S/c1-22(2,29)19(27)12-32-20-16(13-4-7-15(8-5-13)33(3,30)31)11-25-26(21(20)28)14-6-9-17(23)18(24)10-14/h4-11,19,27,29H,12H2,1-3H3/t19-/m1/s1. The molecule has 33 heavy (non-hydrogen) atoms. The number of hydrogen-bond donors (Lipinski definition) is 2. The Balaban J connectivity index is 2.13. The van der Waals surface area contributed by atoms with Crippen LogP contribution in [0, 0.1) is 11.6 Å². The van der Waals surface area contributed by atoms with E-state index < -0.39 is 45.3 Å². The molecule has 0 aliphatic heterocycles. The zero-order valence-corrected chi connectivity index (χ0v) is 18.8. The zero-order chi connectivity index (χ0) is 24.6. The average Bonchev–Trinajstić information content (AvgIpc) is 2.73. The van der Waals surface area contributed by atoms with Crippen molar-refractivity contribution in [1.29, 1.82) is 0 Å². The van der Waals surface area contributed by atoms with Crippen LogP contribution < -0.4 is 10.3 Å². The van der Waals surface area contributed by atoms with E-state index in [1.807, 2.05) is 0 Å². The molecule has 0 fully saturated rings. The van der Waals surface area contributed by atoms with Crippen molar-refractivity contribution in [2.24, 2.45) is 0 Å². The van der Waals surface area contributed by atoms with E-state index in [1.165, 1.54) is 44.3 Å². The Morgan fingerprint density at radius 1 is 1.12 bits per heavy atom. The summed E-state index contributed by atoms with van der Waals surface area (Å²) >= 11 is 0. The second-order valence-corrected chi connectivity index (χ2v) is 10.00. The number of rotatable bonds is 7. The molecule has 2 N–H and O–H groups in total. The van der Waals surface area contributed by atoms with Gasteiger partial charge in [-0.1, -0.05) is 12.1 Å². The van der Waals surface area contributed by atoms with Crippen LogP contribution in [0.1, 0.15) is 13.8 Å². The molecule has 8 nitrogen and oxygen atoms in total. The van der Waals surface area contributed by atoms with Crippen LogP contribution in [0.4, 0.5) is 8.78 Å². The lowest BCUT2D eigenvalue weighted by Gasteiger charge is -2.24. The molecule has 1 heterocycles. The Morgan fingerprint density at radius 2 is 1.76 bits per heavy atom. The number of nitrogens with zero attached hydrogens (tertiary/aromatic N) is 2. The first-order chi connectivity index (χ1) is 15.3. The topological polar surface area (TPSA) is 119 Å². The number of aliphatic hydroxyl groups excluding tert-OH is 1. The molecule has 2 aromatic carbocycles. The summed E-state index contributed by atoms with van der Waals surface area (Å²) in [6, 6.07) is 8.39. The quantitative estimate of drug-likeness (QED) is 0.532. The highest BCUT2D eigenvalue weighted by atomic mass is 32.2. The predicted molar refractivity (Wildman–Crippen MR) is 116 cm³/mol. The minimum absolute atomic E-state index is 0.0641. The van der Waals surface area contributed by atoms with E-state index in [0.717, 1.165) is 29.1 Å². The lowest BCUT2D eigenvalue weighted by molar-refractivity contribution is -0.0663. The zero-order valence-electron chi connectivity index (χ0n) is 18.0. The van der Waals surface area contributed by atoms with Gasteiger partial charge in [0.2, 0.25) is 0 Å². The third kappa shape index (κ3) is 5.44. The molecule has 11 heteroatoms. The number of sulfone groups is 1. The van der Waals surface area contributed by atoms with Crippen molar-refractivity contribution in [3.05, 3.63) is 70.6 Å². The van der Waals surface area contributed by atoms with Gasteiger partial charge in [-0.2, -0.15) is 9.78 Å². The minimum atomic E-state index is -3.45. The highest BCUT2D eigenvalue weighted by molar-refractivity contribution is 7.90. The van der Waals surface area contributed by atoms with E-state index in [1.54, 1.807) is 0 Å². The number of benzene rings is 2. The SMILES string of the molecule is CC(C)(O)[C@H](O)COc1c(-c2ccc(S(C)(=O)=O)cc2)cnn(-c2ccc(F)c(F)c2)c1=O. The average molecular weight is 480 g/mol. The van der Waals surface area contributed by atoms with E-state index in [-0.39, 0.29) is 21.9 Å². The number of hydrogen-bond acceptors (Lipinski definition) is 7. The summed E-state index contributed by atoms with van der Waals surface area (Å²) in [5, 5.41) is 24.1. The molecule has 0 bridgehead atoms. The van der Waals surface area contributed by atoms with Crippen molar-refractivity contribution < 1.29 is 32.1 Å². The summed E-state index contributed by atoms with van der Waals surface area (Å²) in [7, 11) is -3.45. The molecule has 0 saturated heterocycles. The third-order valence-electron chi connectivity index (χ3n) is 4.88. The van der Waals surface area contributed by atoms with Gasteiger partial charge in [-0.05, 0) is 43.7 Å². The highest BCUT2D eigenvalue weighted by Crippen LogP contribution is 2.28. The van der Waals surface area contributed by atoms with Crippen LogP contribution in [-0.4, -0.2) is 53.0 Å². The molecule has 3 aromatic rings. The Hall–Kier alpha value is -3.15. The molecule has 0 saturated carbocycles. The van der Waals surface area contributed by atoms with E-state index in [0.29, 0.717) is 5.56 Å². The van der Waals surface area contributed by atoms with Crippen molar-refractivity contribution in [3.63, 3.8) is 0 Å². The Morgan fingerprint density at radius 3 is 2.30 bits per heavy atom. The van der Waals surface area contributed by atoms with Crippen LogP contribution in [0.2, 0.25) is 0 Å². The maximum Gasteiger partial charge on any atom is 0.314 e. The summed E-state index contributed by atoms with van der Waals surface area (Å²) in [6.45, 7) is 2.25. The van der Waals surface area contributed by atoms with Gasteiger partial charge in [-0.25, -0.2) is 17.2 Å². The van der Waals surface area contributed by atoms with Gasteiger partial charge in [0.1, 0.15) is 12.7 Å². The van der Waals surface area contributed by atoms with Crippen LogP contribution in [0.3, 0.4) is 0 Å². The maximum atomic E-state index is 13.7. The van der Waals surface area contributed by atoms with Crippen molar-refractivity contribution in [1.82, 2.24) is 9.78 Å².